The number of rotatable bonds is 11. The van der Waals surface area contributed by atoms with Gasteiger partial charge in [0.05, 0.1) is 0 Å². The SMILES string of the molecule is CCOCCCNCCN(C)CC1(N(C)C)CCC1. The molecule has 0 aromatic carbocycles. The third kappa shape index (κ3) is 5.78. The van der Waals surface area contributed by atoms with Crippen LogP contribution in [-0.2, 0) is 4.74 Å². The van der Waals surface area contributed by atoms with Gasteiger partial charge in [0, 0.05) is 38.4 Å². The highest BCUT2D eigenvalue weighted by molar-refractivity contribution is 4.97. The lowest BCUT2D eigenvalue weighted by Crippen LogP contribution is -2.57. The summed E-state index contributed by atoms with van der Waals surface area (Å²) in [7, 11) is 6.68. The van der Waals surface area contributed by atoms with Crippen LogP contribution in [0.3, 0.4) is 0 Å². The van der Waals surface area contributed by atoms with E-state index in [1.54, 1.807) is 0 Å². The van der Waals surface area contributed by atoms with Gasteiger partial charge in [-0.2, -0.15) is 0 Å². The molecule has 4 heteroatoms. The van der Waals surface area contributed by atoms with Crippen molar-refractivity contribution >= 4 is 0 Å². The molecule has 4 nitrogen and oxygen atoms in total. The quantitative estimate of drug-likeness (QED) is 0.575. The van der Waals surface area contributed by atoms with E-state index >= 15 is 0 Å². The molecule has 1 saturated carbocycles. The van der Waals surface area contributed by atoms with E-state index in [0.29, 0.717) is 5.54 Å². The molecule has 1 aliphatic carbocycles. The Balaban J connectivity index is 2.03. The van der Waals surface area contributed by atoms with E-state index in [1.807, 2.05) is 6.92 Å². The Bertz CT molecular complexity index is 229. The molecule has 0 atom stereocenters. The molecule has 0 amide bonds. The highest BCUT2D eigenvalue weighted by atomic mass is 16.5. The second-order valence-electron chi connectivity index (χ2n) is 6.01. The average Bonchev–Trinajstić information content (AvgIpc) is 2.32. The summed E-state index contributed by atoms with van der Waals surface area (Å²) in [6, 6.07) is 0. The van der Waals surface area contributed by atoms with Gasteiger partial charge in [-0.1, -0.05) is 0 Å². The van der Waals surface area contributed by atoms with Crippen molar-refractivity contribution in [3.63, 3.8) is 0 Å². The van der Waals surface area contributed by atoms with Crippen LogP contribution in [0.25, 0.3) is 0 Å². The Morgan fingerprint density at radius 2 is 1.89 bits per heavy atom. The molecular weight excluding hydrogens is 238 g/mol. The summed E-state index contributed by atoms with van der Waals surface area (Å²) >= 11 is 0. The number of nitrogens with one attached hydrogen (secondary N) is 1. The smallest absolute Gasteiger partial charge is 0.0477 e. The second-order valence-corrected chi connectivity index (χ2v) is 6.01. The third-order valence-electron chi connectivity index (χ3n) is 4.31. The van der Waals surface area contributed by atoms with Crippen LogP contribution < -0.4 is 5.32 Å². The van der Waals surface area contributed by atoms with Crippen molar-refractivity contribution < 1.29 is 4.74 Å². The fourth-order valence-electron chi connectivity index (χ4n) is 2.75. The molecule has 1 fully saturated rings. The van der Waals surface area contributed by atoms with Gasteiger partial charge < -0.3 is 19.9 Å². The summed E-state index contributed by atoms with van der Waals surface area (Å²) in [5.41, 5.74) is 0.448. The van der Waals surface area contributed by atoms with Crippen molar-refractivity contribution in [1.82, 2.24) is 15.1 Å². The number of hydrogen-bond donors (Lipinski definition) is 1. The maximum Gasteiger partial charge on any atom is 0.0477 e. The van der Waals surface area contributed by atoms with Crippen LogP contribution in [0.2, 0.25) is 0 Å². The molecule has 1 rings (SSSR count). The predicted octanol–water partition coefficient (Wildman–Crippen LogP) is 1.42. The van der Waals surface area contributed by atoms with Gasteiger partial charge in [0.2, 0.25) is 0 Å². The molecule has 0 heterocycles. The van der Waals surface area contributed by atoms with E-state index in [-0.39, 0.29) is 0 Å². The topological polar surface area (TPSA) is 27.7 Å². The van der Waals surface area contributed by atoms with Crippen molar-refractivity contribution in [1.29, 1.82) is 0 Å². The fourth-order valence-corrected chi connectivity index (χ4v) is 2.75. The summed E-state index contributed by atoms with van der Waals surface area (Å²) in [5.74, 6) is 0. The van der Waals surface area contributed by atoms with Crippen LogP contribution in [0.5, 0.6) is 0 Å². The van der Waals surface area contributed by atoms with E-state index in [4.69, 9.17) is 4.74 Å². The normalized spacial score (nSPS) is 18.0. The first-order valence-electron chi connectivity index (χ1n) is 7.75. The first-order valence-corrected chi connectivity index (χ1v) is 7.75. The van der Waals surface area contributed by atoms with Crippen LogP contribution in [-0.4, -0.2) is 75.9 Å². The van der Waals surface area contributed by atoms with E-state index in [0.717, 1.165) is 39.3 Å². The second kappa shape index (κ2) is 8.90. The zero-order valence-corrected chi connectivity index (χ0v) is 13.4. The van der Waals surface area contributed by atoms with Crippen LogP contribution in [0.1, 0.15) is 32.6 Å². The summed E-state index contributed by atoms with van der Waals surface area (Å²) in [5, 5.41) is 3.49. The lowest BCUT2D eigenvalue weighted by Gasteiger charge is -2.49. The van der Waals surface area contributed by atoms with E-state index < -0.39 is 0 Å². The van der Waals surface area contributed by atoms with Crippen LogP contribution in [0.15, 0.2) is 0 Å². The maximum absolute atomic E-state index is 5.32. The molecule has 19 heavy (non-hydrogen) atoms. The van der Waals surface area contributed by atoms with Gasteiger partial charge in [-0.15, -0.1) is 0 Å². The predicted molar refractivity (Wildman–Crippen MR) is 81.7 cm³/mol. The third-order valence-corrected chi connectivity index (χ3v) is 4.31. The molecule has 1 N–H and O–H groups in total. The summed E-state index contributed by atoms with van der Waals surface area (Å²) < 4.78 is 5.32. The largest absolute Gasteiger partial charge is 0.382 e. The van der Waals surface area contributed by atoms with Crippen molar-refractivity contribution in [3.05, 3.63) is 0 Å². The van der Waals surface area contributed by atoms with Gasteiger partial charge in [0.15, 0.2) is 0 Å². The van der Waals surface area contributed by atoms with Crippen molar-refractivity contribution in [2.75, 3.05) is 60.5 Å². The fraction of sp³-hybridized carbons (Fsp3) is 1.00. The van der Waals surface area contributed by atoms with Crippen molar-refractivity contribution in [2.45, 2.75) is 38.1 Å². The van der Waals surface area contributed by atoms with E-state index in [9.17, 15) is 0 Å². The number of ether oxygens (including phenoxy) is 1. The average molecular weight is 271 g/mol. The molecule has 0 spiro atoms. The molecule has 114 valence electrons. The van der Waals surface area contributed by atoms with Gasteiger partial charge in [-0.05, 0) is 60.3 Å². The first-order chi connectivity index (χ1) is 9.10. The Labute approximate surface area is 119 Å². The Hall–Kier alpha value is -0.160. The maximum atomic E-state index is 5.32. The van der Waals surface area contributed by atoms with Gasteiger partial charge in [0.25, 0.3) is 0 Å². The van der Waals surface area contributed by atoms with Crippen molar-refractivity contribution in [2.24, 2.45) is 0 Å². The molecule has 0 radical (unpaired) electrons. The zero-order valence-electron chi connectivity index (χ0n) is 13.4. The minimum Gasteiger partial charge on any atom is -0.382 e. The Kier molecular flexibility index (Phi) is 7.91. The Morgan fingerprint density at radius 3 is 2.42 bits per heavy atom. The summed E-state index contributed by atoms with van der Waals surface area (Å²) in [6.07, 6.45) is 5.21. The monoisotopic (exact) mass is 271 g/mol. The number of nitrogens with zero attached hydrogens (tertiary/aromatic N) is 2. The highest BCUT2D eigenvalue weighted by Gasteiger charge is 2.39. The summed E-state index contributed by atoms with van der Waals surface area (Å²) in [6.45, 7) is 8.21. The lowest BCUT2D eigenvalue weighted by atomic mass is 9.75. The molecule has 0 unspecified atom stereocenters. The highest BCUT2D eigenvalue weighted by Crippen LogP contribution is 2.36. The number of hydrogen-bond acceptors (Lipinski definition) is 4. The standard InChI is InChI=1S/C15H33N3O/c1-5-19-13-7-10-16-11-12-18(4)14-15(17(2)3)8-6-9-15/h16H,5-14H2,1-4H3. The molecule has 0 bridgehead atoms. The zero-order chi connectivity index (χ0) is 14.1. The van der Waals surface area contributed by atoms with E-state index in [2.05, 4.69) is 36.3 Å². The molecule has 0 saturated heterocycles. The molecular formula is C15H33N3O. The molecule has 1 aliphatic rings. The van der Waals surface area contributed by atoms with Crippen LogP contribution in [0.4, 0.5) is 0 Å². The van der Waals surface area contributed by atoms with Gasteiger partial charge in [-0.25, -0.2) is 0 Å². The van der Waals surface area contributed by atoms with Crippen LogP contribution in [0, 0.1) is 0 Å². The first kappa shape index (κ1) is 16.9. The summed E-state index contributed by atoms with van der Waals surface area (Å²) in [4.78, 5) is 4.89. The molecule has 0 aromatic rings. The minimum absolute atomic E-state index is 0.448. The minimum atomic E-state index is 0.448. The van der Waals surface area contributed by atoms with E-state index in [1.165, 1.54) is 25.8 Å². The molecule has 0 aromatic heterocycles. The van der Waals surface area contributed by atoms with Crippen molar-refractivity contribution in [3.8, 4) is 0 Å². The Morgan fingerprint density at radius 1 is 1.16 bits per heavy atom. The van der Waals surface area contributed by atoms with Gasteiger partial charge in [0.1, 0.15) is 0 Å². The molecule has 0 aliphatic heterocycles. The number of likely N-dealkylation sites (N-methyl/N-ethyl adjacent to an activating group) is 2. The van der Waals surface area contributed by atoms with Gasteiger partial charge in [-0.3, -0.25) is 0 Å². The van der Waals surface area contributed by atoms with Crippen LogP contribution >= 0.6 is 0 Å². The van der Waals surface area contributed by atoms with Gasteiger partial charge >= 0.3 is 0 Å². The lowest BCUT2D eigenvalue weighted by molar-refractivity contribution is 0.0282.